The lowest BCUT2D eigenvalue weighted by atomic mass is 9.80. The van der Waals surface area contributed by atoms with Gasteiger partial charge in [-0.15, -0.1) is 0 Å². The van der Waals surface area contributed by atoms with Gasteiger partial charge in [0.25, 0.3) is 0 Å². The summed E-state index contributed by atoms with van der Waals surface area (Å²) in [5.74, 6) is 3.54. The molecule has 0 amide bonds. The van der Waals surface area contributed by atoms with E-state index < -0.39 is 0 Å². The van der Waals surface area contributed by atoms with Crippen LogP contribution in [-0.4, -0.2) is 83.3 Å². The molecule has 2 heterocycles. The first-order valence-electron chi connectivity index (χ1n) is 9.78. The van der Waals surface area contributed by atoms with Crippen molar-refractivity contribution in [2.45, 2.75) is 57.1 Å². The van der Waals surface area contributed by atoms with Gasteiger partial charge in [0.05, 0.1) is 12.6 Å². The Bertz CT molecular complexity index is 419. The van der Waals surface area contributed by atoms with Crippen LogP contribution in [0.15, 0.2) is 4.99 Å². The third-order valence-electron chi connectivity index (χ3n) is 5.79. The molecule has 2 N–H and O–H groups in total. The van der Waals surface area contributed by atoms with Gasteiger partial charge in [-0.25, -0.2) is 0 Å². The highest BCUT2D eigenvalue weighted by Crippen LogP contribution is 2.35. The van der Waals surface area contributed by atoms with Crippen LogP contribution in [-0.2, 0) is 0 Å². The molecule has 1 saturated carbocycles. The van der Waals surface area contributed by atoms with Crippen LogP contribution in [0, 0.1) is 0 Å². The Labute approximate surface area is 151 Å². The monoisotopic (exact) mass is 354 g/mol. The van der Waals surface area contributed by atoms with Gasteiger partial charge < -0.3 is 15.3 Å². The van der Waals surface area contributed by atoms with E-state index in [0.29, 0.717) is 0 Å². The standard InChI is InChI=1S/C18H34N4OS/c1-2-19-17(21-9-6-16(23)14-21)20-15-18(7-4-3-5-8-18)22-10-12-24-13-11-22/h16,23H,2-15H2,1H3,(H,19,20)/t16-/m1/s1. The summed E-state index contributed by atoms with van der Waals surface area (Å²) in [6.07, 6.45) is 7.32. The number of guanidine groups is 1. The fourth-order valence-corrected chi connectivity index (χ4v) is 5.31. The number of aliphatic hydroxyl groups excluding tert-OH is 1. The number of nitrogens with zero attached hydrogens (tertiary/aromatic N) is 3. The minimum atomic E-state index is -0.198. The Kier molecular flexibility index (Phi) is 6.70. The lowest BCUT2D eigenvalue weighted by molar-refractivity contribution is 0.0669. The van der Waals surface area contributed by atoms with Crippen molar-refractivity contribution in [2.75, 3.05) is 50.8 Å². The Hall–Kier alpha value is -0.460. The predicted molar refractivity (Wildman–Crippen MR) is 103 cm³/mol. The van der Waals surface area contributed by atoms with Gasteiger partial charge in [-0.1, -0.05) is 19.3 Å². The van der Waals surface area contributed by atoms with Gasteiger partial charge in [-0.3, -0.25) is 9.89 Å². The van der Waals surface area contributed by atoms with Crippen molar-refractivity contribution in [1.29, 1.82) is 0 Å². The smallest absolute Gasteiger partial charge is 0.194 e. The maximum atomic E-state index is 9.85. The lowest BCUT2D eigenvalue weighted by Gasteiger charge is -2.47. The minimum Gasteiger partial charge on any atom is -0.391 e. The third kappa shape index (κ3) is 4.38. The molecular weight excluding hydrogens is 320 g/mol. The van der Waals surface area contributed by atoms with Crippen LogP contribution in [0.25, 0.3) is 0 Å². The van der Waals surface area contributed by atoms with Gasteiger partial charge in [0.15, 0.2) is 5.96 Å². The summed E-state index contributed by atoms with van der Waals surface area (Å²) < 4.78 is 0. The van der Waals surface area contributed by atoms with E-state index in [4.69, 9.17) is 4.99 Å². The van der Waals surface area contributed by atoms with Crippen molar-refractivity contribution in [3.8, 4) is 0 Å². The molecule has 3 fully saturated rings. The largest absolute Gasteiger partial charge is 0.391 e. The summed E-state index contributed by atoms with van der Waals surface area (Å²) in [6, 6.07) is 0. The number of likely N-dealkylation sites (tertiary alicyclic amines) is 1. The van der Waals surface area contributed by atoms with Crippen LogP contribution in [0.3, 0.4) is 0 Å². The van der Waals surface area contributed by atoms with Gasteiger partial charge in [0, 0.05) is 49.8 Å². The molecule has 2 saturated heterocycles. The van der Waals surface area contributed by atoms with E-state index >= 15 is 0 Å². The molecule has 0 spiro atoms. The first-order chi connectivity index (χ1) is 11.7. The number of rotatable bonds is 4. The molecule has 6 heteroatoms. The molecule has 3 aliphatic rings. The molecule has 0 bridgehead atoms. The summed E-state index contributed by atoms with van der Waals surface area (Å²) in [7, 11) is 0. The number of hydrogen-bond donors (Lipinski definition) is 2. The average molecular weight is 355 g/mol. The fraction of sp³-hybridized carbons (Fsp3) is 0.944. The zero-order valence-electron chi connectivity index (χ0n) is 15.2. The molecule has 24 heavy (non-hydrogen) atoms. The van der Waals surface area contributed by atoms with Crippen LogP contribution in [0.5, 0.6) is 0 Å². The first kappa shape index (κ1) is 18.3. The Morgan fingerprint density at radius 1 is 1.21 bits per heavy atom. The summed E-state index contributed by atoms with van der Waals surface area (Å²) in [5, 5.41) is 13.3. The zero-order valence-corrected chi connectivity index (χ0v) is 16.0. The van der Waals surface area contributed by atoms with E-state index in [1.54, 1.807) is 0 Å². The Morgan fingerprint density at radius 3 is 2.58 bits per heavy atom. The molecule has 5 nitrogen and oxygen atoms in total. The molecule has 0 unspecified atom stereocenters. The van der Waals surface area contributed by atoms with Crippen LogP contribution in [0.4, 0.5) is 0 Å². The lowest BCUT2D eigenvalue weighted by Crippen LogP contribution is -2.55. The highest BCUT2D eigenvalue weighted by molar-refractivity contribution is 7.99. The van der Waals surface area contributed by atoms with Crippen molar-refractivity contribution in [1.82, 2.24) is 15.1 Å². The molecule has 3 rings (SSSR count). The van der Waals surface area contributed by atoms with E-state index in [1.807, 2.05) is 0 Å². The van der Waals surface area contributed by atoms with E-state index in [9.17, 15) is 5.11 Å². The second kappa shape index (κ2) is 8.77. The second-order valence-corrected chi connectivity index (χ2v) is 8.67. The maximum absolute atomic E-state index is 9.85. The molecule has 138 valence electrons. The quantitative estimate of drug-likeness (QED) is 0.595. The Morgan fingerprint density at radius 2 is 1.96 bits per heavy atom. The van der Waals surface area contributed by atoms with Crippen LogP contribution in [0.2, 0.25) is 0 Å². The van der Waals surface area contributed by atoms with Crippen molar-refractivity contribution in [3.05, 3.63) is 0 Å². The van der Waals surface area contributed by atoms with Crippen molar-refractivity contribution in [2.24, 2.45) is 4.99 Å². The second-order valence-electron chi connectivity index (χ2n) is 7.44. The molecule has 0 radical (unpaired) electrons. The minimum absolute atomic E-state index is 0.198. The summed E-state index contributed by atoms with van der Waals surface area (Å²) in [5.41, 5.74) is 0.276. The van der Waals surface area contributed by atoms with Gasteiger partial charge in [0.2, 0.25) is 0 Å². The number of aliphatic imine (C=N–C) groups is 1. The van der Waals surface area contributed by atoms with Crippen molar-refractivity contribution < 1.29 is 5.11 Å². The van der Waals surface area contributed by atoms with Crippen molar-refractivity contribution >= 4 is 17.7 Å². The average Bonchev–Trinajstić information content (AvgIpc) is 3.06. The van der Waals surface area contributed by atoms with Gasteiger partial charge >= 0.3 is 0 Å². The Balaban J connectivity index is 1.72. The van der Waals surface area contributed by atoms with Crippen LogP contribution >= 0.6 is 11.8 Å². The van der Waals surface area contributed by atoms with E-state index in [-0.39, 0.29) is 11.6 Å². The van der Waals surface area contributed by atoms with E-state index in [1.165, 1.54) is 56.7 Å². The molecular formula is C18H34N4OS. The molecule has 2 aliphatic heterocycles. The van der Waals surface area contributed by atoms with Gasteiger partial charge in [-0.2, -0.15) is 11.8 Å². The molecule has 0 aromatic carbocycles. The number of aliphatic hydroxyl groups is 1. The van der Waals surface area contributed by atoms with E-state index in [0.717, 1.165) is 38.6 Å². The summed E-state index contributed by atoms with van der Waals surface area (Å²) in [4.78, 5) is 10.1. The number of thioether (sulfide) groups is 1. The van der Waals surface area contributed by atoms with Crippen LogP contribution < -0.4 is 5.32 Å². The normalized spacial score (nSPS) is 29.0. The highest BCUT2D eigenvalue weighted by atomic mass is 32.2. The molecule has 1 atom stereocenters. The zero-order chi connectivity index (χ0) is 16.8. The summed E-state index contributed by atoms with van der Waals surface area (Å²) >= 11 is 2.09. The summed E-state index contributed by atoms with van der Waals surface area (Å²) in [6.45, 7) is 8.00. The molecule has 0 aromatic heterocycles. The maximum Gasteiger partial charge on any atom is 0.194 e. The predicted octanol–water partition coefficient (Wildman–Crippen LogP) is 1.77. The number of hydrogen-bond acceptors (Lipinski definition) is 4. The first-order valence-corrected chi connectivity index (χ1v) is 10.9. The topological polar surface area (TPSA) is 51.1 Å². The van der Waals surface area contributed by atoms with Crippen molar-refractivity contribution in [3.63, 3.8) is 0 Å². The fourth-order valence-electron chi connectivity index (χ4n) is 4.40. The third-order valence-corrected chi connectivity index (χ3v) is 6.73. The highest BCUT2D eigenvalue weighted by Gasteiger charge is 2.38. The van der Waals surface area contributed by atoms with Gasteiger partial charge in [-0.05, 0) is 26.2 Å². The SMILES string of the molecule is CCNC(=NCC1(N2CCSCC2)CCCCC1)N1CC[C@@H](O)C1. The van der Waals surface area contributed by atoms with Crippen LogP contribution in [0.1, 0.15) is 45.4 Å². The number of β-amino-alcohol motifs (C(OH)–C–C–N with tert-alkyl or cyclic N) is 1. The van der Waals surface area contributed by atoms with Gasteiger partial charge in [0.1, 0.15) is 0 Å². The molecule has 0 aromatic rings. The number of nitrogens with one attached hydrogen (secondary N) is 1. The van der Waals surface area contributed by atoms with E-state index in [2.05, 4.69) is 33.8 Å². The molecule has 1 aliphatic carbocycles.